The van der Waals surface area contributed by atoms with Gasteiger partial charge in [0.25, 0.3) is 0 Å². The number of nitrogens with zero attached hydrogens (tertiary/aromatic N) is 2. The van der Waals surface area contributed by atoms with E-state index >= 15 is 0 Å². The van der Waals surface area contributed by atoms with Gasteiger partial charge < -0.3 is 0 Å². The van der Waals surface area contributed by atoms with E-state index in [1.165, 1.54) is 22.7 Å². The minimum atomic E-state index is -0.186. The summed E-state index contributed by atoms with van der Waals surface area (Å²) in [6.07, 6.45) is 0.755. The van der Waals surface area contributed by atoms with Gasteiger partial charge in [0.1, 0.15) is 11.6 Å². The molecule has 1 aromatic carbocycles. The van der Waals surface area contributed by atoms with Crippen LogP contribution in [0.15, 0.2) is 46.9 Å². The van der Waals surface area contributed by atoms with Gasteiger partial charge in [0.2, 0.25) is 5.16 Å². The van der Waals surface area contributed by atoms with Crippen molar-refractivity contribution < 1.29 is 4.39 Å². The third-order valence-electron chi connectivity index (χ3n) is 2.75. The summed E-state index contributed by atoms with van der Waals surface area (Å²) in [4.78, 5) is 5.65. The van der Waals surface area contributed by atoms with Crippen LogP contribution in [0.2, 0.25) is 0 Å². The number of benzene rings is 1. The Kier molecular flexibility index (Phi) is 4.13. The molecule has 20 heavy (non-hydrogen) atoms. The Bertz CT molecular complexity index is 679. The number of thioether (sulfide) groups is 1. The molecule has 0 saturated carbocycles. The van der Waals surface area contributed by atoms with Gasteiger partial charge in [-0.3, -0.25) is 5.10 Å². The molecule has 0 bridgehead atoms. The fourth-order valence-electron chi connectivity index (χ4n) is 1.76. The highest BCUT2D eigenvalue weighted by molar-refractivity contribution is 7.98. The van der Waals surface area contributed by atoms with Crippen LogP contribution < -0.4 is 0 Å². The monoisotopic (exact) mass is 305 g/mol. The van der Waals surface area contributed by atoms with Gasteiger partial charge in [-0.2, -0.15) is 0 Å². The van der Waals surface area contributed by atoms with Crippen LogP contribution in [-0.2, 0) is 12.2 Å². The van der Waals surface area contributed by atoms with Gasteiger partial charge in [-0.1, -0.05) is 36.0 Å². The van der Waals surface area contributed by atoms with Crippen molar-refractivity contribution in [2.75, 3.05) is 0 Å². The second kappa shape index (κ2) is 6.19. The van der Waals surface area contributed by atoms with E-state index in [0.717, 1.165) is 12.2 Å². The Hall–Kier alpha value is -1.66. The van der Waals surface area contributed by atoms with Crippen molar-refractivity contribution in [1.82, 2.24) is 15.2 Å². The summed E-state index contributed by atoms with van der Waals surface area (Å²) in [7, 11) is 0. The highest BCUT2D eigenvalue weighted by atomic mass is 32.2. The number of rotatable bonds is 5. The third kappa shape index (κ3) is 3.26. The minimum Gasteiger partial charge on any atom is -0.262 e. The average molecular weight is 305 g/mol. The highest BCUT2D eigenvalue weighted by Crippen LogP contribution is 2.21. The van der Waals surface area contributed by atoms with Crippen LogP contribution in [0.3, 0.4) is 0 Å². The maximum atomic E-state index is 13.5. The molecular formula is C14H12FN3S2. The van der Waals surface area contributed by atoms with Gasteiger partial charge in [0.05, 0.1) is 0 Å². The van der Waals surface area contributed by atoms with Crippen LogP contribution in [0.4, 0.5) is 4.39 Å². The quantitative estimate of drug-likeness (QED) is 0.727. The van der Waals surface area contributed by atoms with E-state index in [4.69, 9.17) is 0 Å². The number of hydrogen-bond acceptors (Lipinski definition) is 4. The first kappa shape index (κ1) is 13.3. The molecule has 2 heterocycles. The molecule has 3 aromatic rings. The fraction of sp³-hybridized carbons (Fsp3) is 0.143. The van der Waals surface area contributed by atoms with Crippen molar-refractivity contribution in [1.29, 1.82) is 0 Å². The largest absolute Gasteiger partial charge is 0.262 e. The lowest BCUT2D eigenvalue weighted by molar-refractivity contribution is 0.617. The number of thiophene rings is 1. The maximum Gasteiger partial charge on any atom is 0.208 e. The van der Waals surface area contributed by atoms with Gasteiger partial charge in [-0.05, 0) is 23.1 Å². The second-order valence-electron chi connectivity index (χ2n) is 4.20. The van der Waals surface area contributed by atoms with Crippen molar-refractivity contribution in [3.8, 4) is 0 Å². The highest BCUT2D eigenvalue weighted by Gasteiger charge is 2.07. The molecule has 0 atom stereocenters. The molecular weight excluding hydrogens is 293 g/mol. The van der Waals surface area contributed by atoms with Gasteiger partial charge in [0, 0.05) is 17.1 Å². The van der Waals surface area contributed by atoms with E-state index < -0.39 is 0 Å². The standard InChI is InChI=1S/C14H12FN3S2/c15-12-6-2-1-4-10(12)9-20-14-16-13(17-18-14)8-11-5-3-7-19-11/h1-7H,8-9H2,(H,16,17,18). The molecule has 0 amide bonds. The number of H-pyrrole nitrogens is 1. The SMILES string of the molecule is Fc1ccccc1CSc1n[nH]c(Cc2cccs2)n1. The summed E-state index contributed by atoms with van der Waals surface area (Å²) in [5.41, 5.74) is 0.669. The maximum absolute atomic E-state index is 13.5. The number of aromatic amines is 1. The molecule has 0 aliphatic carbocycles. The van der Waals surface area contributed by atoms with Crippen molar-refractivity contribution in [3.05, 3.63) is 63.9 Å². The molecule has 102 valence electrons. The molecule has 0 saturated heterocycles. The van der Waals surface area contributed by atoms with E-state index in [0.29, 0.717) is 16.5 Å². The Labute approximate surface area is 124 Å². The van der Waals surface area contributed by atoms with Crippen LogP contribution in [0, 0.1) is 5.82 Å². The molecule has 0 fully saturated rings. The van der Waals surface area contributed by atoms with E-state index in [9.17, 15) is 4.39 Å². The van der Waals surface area contributed by atoms with E-state index in [1.807, 2.05) is 17.5 Å². The fourth-order valence-corrected chi connectivity index (χ4v) is 3.27. The summed E-state index contributed by atoms with van der Waals surface area (Å²) in [5, 5.41) is 9.77. The van der Waals surface area contributed by atoms with Gasteiger partial charge in [-0.25, -0.2) is 9.37 Å². The molecule has 0 aliphatic heterocycles. The zero-order chi connectivity index (χ0) is 13.8. The van der Waals surface area contributed by atoms with Crippen LogP contribution in [-0.4, -0.2) is 15.2 Å². The number of halogens is 1. The van der Waals surface area contributed by atoms with Crippen molar-refractivity contribution in [2.24, 2.45) is 0 Å². The molecule has 0 radical (unpaired) electrons. The second-order valence-corrected chi connectivity index (χ2v) is 6.18. The van der Waals surface area contributed by atoms with Crippen LogP contribution in [0.5, 0.6) is 0 Å². The van der Waals surface area contributed by atoms with Crippen LogP contribution in [0.25, 0.3) is 0 Å². The van der Waals surface area contributed by atoms with E-state index in [-0.39, 0.29) is 5.82 Å². The lowest BCUT2D eigenvalue weighted by Gasteiger charge is -1.99. The van der Waals surface area contributed by atoms with E-state index in [1.54, 1.807) is 23.5 Å². The topological polar surface area (TPSA) is 41.6 Å². The molecule has 0 unspecified atom stereocenters. The van der Waals surface area contributed by atoms with Crippen LogP contribution in [0.1, 0.15) is 16.3 Å². The lowest BCUT2D eigenvalue weighted by Crippen LogP contribution is -1.88. The summed E-state index contributed by atoms with van der Waals surface area (Å²) in [6, 6.07) is 10.9. The zero-order valence-corrected chi connectivity index (χ0v) is 12.2. The first-order chi connectivity index (χ1) is 9.81. The van der Waals surface area contributed by atoms with E-state index in [2.05, 4.69) is 21.2 Å². The molecule has 0 aliphatic rings. The summed E-state index contributed by atoms with van der Waals surface area (Å²) in [5.74, 6) is 1.18. The molecule has 3 nitrogen and oxygen atoms in total. The molecule has 0 spiro atoms. The first-order valence-corrected chi connectivity index (χ1v) is 7.97. The van der Waals surface area contributed by atoms with Crippen molar-refractivity contribution >= 4 is 23.1 Å². The Balaban J connectivity index is 1.61. The molecule has 2 aromatic heterocycles. The van der Waals surface area contributed by atoms with Crippen molar-refractivity contribution in [3.63, 3.8) is 0 Å². The Morgan fingerprint density at radius 2 is 2.10 bits per heavy atom. The van der Waals surface area contributed by atoms with Crippen molar-refractivity contribution in [2.45, 2.75) is 17.3 Å². The number of aromatic nitrogens is 3. The predicted octanol–water partition coefficient (Wildman–Crippen LogP) is 3.89. The Morgan fingerprint density at radius 3 is 2.90 bits per heavy atom. The minimum absolute atomic E-state index is 0.186. The molecule has 3 rings (SSSR count). The number of hydrogen-bond donors (Lipinski definition) is 1. The Morgan fingerprint density at radius 1 is 1.20 bits per heavy atom. The third-order valence-corrected chi connectivity index (χ3v) is 4.52. The average Bonchev–Trinajstić information content (AvgIpc) is 3.10. The first-order valence-electron chi connectivity index (χ1n) is 6.11. The van der Waals surface area contributed by atoms with Gasteiger partial charge >= 0.3 is 0 Å². The van der Waals surface area contributed by atoms with Crippen LogP contribution >= 0.6 is 23.1 Å². The zero-order valence-electron chi connectivity index (χ0n) is 10.5. The smallest absolute Gasteiger partial charge is 0.208 e. The number of nitrogens with one attached hydrogen (secondary N) is 1. The summed E-state index contributed by atoms with van der Waals surface area (Å²) >= 11 is 3.13. The molecule has 1 N–H and O–H groups in total. The molecule has 6 heteroatoms. The normalized spacial score (nSPS) is 10.8. The predicted molar refractivity (Wildman–Crippen MR) is 79.5 cm³/mol. The van der Waals surface area contributed by atoms with Gasteiger partial charge in [-0.15, -0.1) is 16.4 Å². The van der Waals surface area contributed by atoms with Gasteiger partial charge in [0.15, 0.2) is 0 Å². The summed E-state index contributed by atoms with van der Waals surface area (Å²) in [6.45, 7) is 0. The summed E-state index contributed by atoms with van der Waals surface area (Å²) < 4.78 is 13.5. The lowest BCUT2D eigenvalue weighted by atomic mass is 10.2.